The Morgan fingerprint density at radius 3 is 2.86 bits per heavy atom. The van der Waals surface area contributed by atoms with Gasteiger partial charge in [-0.1, -0.05) is 11.6 Å². The van der Waals surface area contributed by atoms with E-state index in [1.807, 2.05) is 11.8 Å². The molecule has 0 saturated carbocycles. The van der Waals surface area contributed by atoms with Gasteiger partial charge in [0, 0.05) is 18.1 Å². The number of nitrogens with zero attached hydrogens (tertiary/aromatic N) is 1. The van der Waals surface area contributed by atoms with Crippen molar-refractivity contribution in [1.29, 1.82) is 0 Å². The van der Waals surface area contributed by atoms with Crippen LogP contribution in [-0.2, 0) is 0 Å². The van der Waals surface area contributed by atoms with Crippen LogP contribution in [0.3, 0.4) is 0 Å². The fraction of sp³-hybridized carbons (Fsp3) is 0.750. The van der Waals surface area contributed by atoms with Gasteiger partial charge in [0.05, 0.1) is 0 Å². The summed E-state index contributed by atoms with van der Waals surface area (Å²) in [6.45, 7) is 0.906. The van der Waals surface area contributed by atoms with E-state index in [0.29, 0.717) is 0 Å². The summed E-state index contributed by atoms with van der Waals surface area (Å²) >= 11 is 7.39. The maximum atomic E-state index is 5.55. The molecule has 0 aromatic carbocycles. The summed E-state index contributed by atoms with van der Waals surface area (Å²) in [7, 11) is 0. The number of halogens is 1. The summed E-state index contributed by atoms with van der Waals surface area (Å²) in [6.07, 6.45) is 0. The molecule has 1 heterocycles. The molecule has 1 aliphatic rings. The van der Waals surface area contributed by atoms with Crippen molar-refractivity contribution in [3.8, 4) is 0 Å². The van der Waals surface area contributed by atoms with Gasteiger partial charge in [0.2, 0.25) is 0 Å². The zero-order chi connectivity index (χ0) is 5.11. The highest BCUT2D eigenvalue weighted by Crippen LogP contribution is 2.07. The lowest BCUT2D eigenvalue weighted by atomic mass is 10.7. The standard InChI is InChI=1S/C4H6ClNS/c5-4-3-7-2-1-6-4/h1-3H2. The Morgan fingerprint density at radius 2 is 2.57 bits per heavy atom. The molecule has 0 fully saturated rings. The van der Waals surface area contributed by atoms with Crippen LogP contribution in [0.25, 0.3) is 0 Å². The van der Waals surface area contributed by atoms with Gasteiger partial charge in [-0.2, -0.15) is 11.8 Å². The monoisotopic (exact) mass is 135 g/mol. The van der Waals surface area contributed by atoms with Crippen LogP contribution in [-0.4, -0.2) is 23.2 Å². The first kappa shape index (κ1) is 5.45. The fourth-order valence-electron chi connectivity index (χ4n) is 0.434. The average Bonchev–Trinajstić information content (AvgIpc) is 1.69. The number of rotatable bonds is 0. The third kappa shape index (κ3) is 1.70. The molecule has 0 atom stereocenters. The Bertz CT molecular complexity index is 91.7. The molecule has 0 bridgehead atoms. The lowest BCUT2D eigenvalue weighted by Gasteiger charge is -2.02. The van der Waals surface area contributed by atoms with E-state index < -0.39 is 0 Å². The predicted octanol–water partition coefficient (Wildman–Crippen LogP) is 1.37. The minimum atomic E-state index is 0.774. The van der Waals surface area contributed by atoms with Gasteiger partial charge in [0.25, 0.3) is 0 Å². The molecule has 0 aliphatic carbocycles. The zero-order valence-electron chi connectivity index (χ0n) is 3.85. The molecule has 7 heavy (non-hydrogen) atoms. The number of aliphatic imine (C=N–C) groups is 1. The Balaban J connectivity index is 2.40. The van der Waals surface area contributed by atoms with Crippen molar-refractivity contribution in [1.82, 2.24) is 0 Å². The highest BCUT2D eigenvalue weighted by Gasteiger charge is 1.99. The summed E-state index contributed by atoms with van der Waals surface area (Å²) in [6, 6.07) is 0. The molecule has 0 amide bonds. The van der Waals surface area contributed by atoms with Crippen LogP contribution in [0.1, 0.15) is 0 Å². The Labute approximate surface area is 52.1 Å². The highest BCUT2D eigenvalue weighted by atomic mass is 35.5. The molecule has 0 saturated heterocycles. The maximum Gasteiger partial charge on any atom is 0.110 e. The molecule has 0 N–H and O–H groups in total. The van der Waals surface area contributed by atoms with Crippen LogP contribution in [0.5, 0.6) is 0 Å². The van der Waals surface area contributed by atoms with Crippen LogP contribution >= 0.6 is 23.4 Å². The minimum absolute atomic E-state index is 0.774. The van der Waals surface area contributed by atoms with Crippen LogP contribution in [0.2, 0.25) is 0 Å². The van der Waals surface area contributed by atoms with Gasteiger partial charge < -0.3 is 0 Å². The molecular weight excluding hydrogens is 130 g/mol. The summed E-state index contributed by atoms with van der Waals surface area (Å²) in [4.78, 5) is 3.99. The van der Waals surface area contributed by atoms with Gasteiger partial charge >= 0.3 is 0 Å². The van der Waals surface area contributed by atoms with Crippen LogP contribution < -0.4 is 0 Å². The molecule has 40 valence electrons. The highest BCUT2D eigenvalue weighted by molar-refractivity contribution is 8.00. The second-order valence-corrected chi connectivity index (χ2v) is 2.85. The summed E-state index contributed by atoms with van der Waals surface area (Å²) in [5.41, 5.74) is 0. The lowest BCUT2D eigenvalue weighted by molar-refractivity contribution is 1.14. The van der Waals surface area contributed by atoms with Crippen molar-refractivity contribution in [2.24, 2.45) is 4.99 Å². The topological polar surface area (TPSA) is 12.4 Å². The third-order valence-electron chi connectivity index (χ3n) is 0.740. The molecule has 0 aromatic heterocycles. The zero-order valence-corrected chi connectivity index (χ0v) is 5.43. The van der Waals surface area contributed by atoms with Gasteiger partial charge in [-0.15, -0.1) is 0 Å². The average molecular weight is 136 g/mol. The van der Waals surface area contributed by atoms with E-state index in [1.54, 1.807) is 0 Å². The van der Waals surface area contributed by atoms with Gasteiger partial charge in [-0.25, -0.2) is 0 Å². The third-order valence-corrected chi connectivity index (χ3v) is 2.10. The first-order valence-corrected chi connectivity index (χ1v) is 3.69. The van der Waals surface area contributed by atoms with E-state index in [2.05, 4.69) is 4.99 Å². The summed E-state index contributed by atoms with van der Waals surface area (Å²) in [5, 5.41) is 0.774. The molecule has 0 aromatic rings. The Kier molecular flexibility index (Phi) is 2.00. The van der Waals surface area contributed by atoms with E-state index >= 15 is 0 Å². The molecular formula is C4H6ClNS. The Morgan fingerprint density at radius 1 is 1.71 bits per heavy atom. The second kappa shape index (κ2) is 2.58. The van der Waals surface area contributed by atoms with Crippen molar-refractivity contribution in [3.63, 3.8) is 0 Å². The second-order valence-electron chi connectivity index (χ2n) is 1.31. The first-order chi connectivity index (χ1) is 3.39. The summed E-state index contributed by atoms with van der Waals surface area (Å²) < 4.78 is 0. The smallest absolute Gasteiger partial charge is 0.110 e. The molecule has 1 nitrogen and oxygen atoms in total. The molecule has 1 aliphatic heterocycles. The van der Waals surface area contributed by atoms with E-state index in [9.17, 15) is 0 Å². The largest absolute Gasteiger partial charge is 0.276 e. The van der Waals surface area contributed by atoms with E-state index in [4.69, 9.17) is 11.6 Å². The van der Waals surface area contributed by atoms with Gasteiger partial charge in [-0.05, 0) is 0 Å². The van der Waals surface area contributed by atoms with Gasteiger partial charge in [0.1, 0.15) is 5.17 Å². The van der Waals surface area contributed by atoms with Crippen molar-refractivity contribution in [2.45, 2.75) is 0 Å². The minimum Gasteiger partial charge on any atom is -0.276 e. The van der Waals surface area contributed by atoms with Crippen molar-refractivity contribution in [2.75, 3.05) is 18.1 Å². The van der Waals surface area contributed by atoms with Crippen LogP contribution in [0.4, 0.5) is 0 Å². The van der Waals surface area contributed by atoms with Crippen LogP contribution in [0.15, 0.2) is 4.99 Å². The SMILES string of the molecule is ClC1=NCCSC1. The Hall–Kier alpha value is 0.310. The van der Waals surface area contributed by atoms with Crippen LogP contribution in [0, 0.1) is 0 Å². The molecule has 3 heteroatoms. The lowest BCUT2D eigenvalue weighted by Crippen LogP contribution is -2.03. The van der Waals surface area contributed by atoms with E-state index in [-0.39, 0.29) is 0 Å². The van der Waals surface area contributed by atoms with Crippen molar-refractivity contribution >= 4 is 28.5 Å². The molecule has 0 unspecified atom stereocenters. The molecule has 0 radical (unpaired) electrons. The van der Waals surface area contributed by atoms with Crippen molar-refractivity contribution < 1.29 is 0 Å². The van der Waals surface area contributed by atoms with Crippen molar-refractivity contribution in [3.05, 3.63) is 0 Å². The normalized spacial score (nSPS) is 21.6. The van der Waals surface area contributed by atoms with Gasteiger partial charge in [0.15, 0.2) is 0 Å². The number of thioether (sulfide) groups is 1. The number of hydrogen-bond acceptors (Lipinski definition) is 2. The molecule has 1 rings (SSSR count). The predicted molar refractivity (Wildman–Crippen MR) is 35.5 cm³/mol. The van der Waals surface area contributed by atoms with E-state index in [1.165, 1.54) is 0 Å². The number of hydrogen-bond donors (Lipinski definition) is 0. The molecule has 0 spiro atoms. The van der Waals surface area contributed by atoms with Gasteiger partial charge in [-0.3, -0.25) is 4.99 Å². The fourth-order valence-corrected chi connectivity index (χ4v) is 1.37. The quantitative estimate of drug-likeness (QED) is 0.489. The maximum absolute atomic E-state index is 5.55. The summed E-state index contributed by atoms with van der Waals surface area (Å²) in [5.74, 6) is 2.05. The van der Waals surface area contributed by atoms with E-state index in [0.717, 1.165) is 23.2 Å². The first-order valence-electron chi connectivity index (χ1n) is 2.16.